The van der Waals surface area contributed by atoms with Crippen LogP contribution in [-0.4, -0.2) is 68.6 Å². The maximum atomic E-state index is 12.1. The van der Waals surface area contributed by atoms with E-state index >= 15 is 0 Å². The lowest BCUT2D eigenvalue weighted by atomic mass is 10.1. The Bertz CT molecular complexity index is 771. The minimum atomic E-state index is -0.333. The number of rotatable bonds is 6. The lowest BCUT2D eigenvalue weighted by Crippen LogP contribution is -2.42. The predicted molar refractivity (Wildman–Crippen MR) is 117 cm³/mol. The van der Waals surface area contributed by atoms with Crippen LogP contribution in [-0.2, 0) is 9.59 Å². The summed E-state index contributed by atoms with van der Waals surface area (Å²) in [5, 5.41) is 9.15. The van der Waals surface area contributed by atoms with Gasteiger partial charge in [-0.2, -0.15) is 0 Å². The summed E-state index contributed by atoms with van der Waals surface area (Å²) in [4.78, 5) is 29.9. The number of carbonyl (C=O) groups excluding carboxylic acids is 2. The Morgan fingerprint density at radius 1 is 1.13 bits per heavy atom. The van der Waals surface area contributed by atoms with Gasteiger partial charge in [-0.15, -0.1) is 0 Å². The molecule has 3 N–H and O–H groups in total. The minimum absolute atomic E-state index is 0.00269. The fourth-order valence-corrected chi connectivity index (χ4v) is 2.64. The molecule has 1 aromatic rings. The van der Waals surface area contributed by atoms with Gasteiger partial charge in [-0.1, -0.05) is 0 Å². The van der Waals surface area contributed by atoms with Crippen LogP contribution in [0.5, 0.6) is 11.5 Å². The molecule has 0 aromatic heterocycles. The molecular weight excluding hydrogens is 386 g/mol. The molecule has 0 aliphatic carbocycles. The van der Waals surface area contributed by atoms with E-state index in [9.17, 15) is 9.59 Å². The van der Waals surface area contributed by atoms with E-state index in [4.69, 9.17) is 9.47 Å². The van der Waals surface area contributed by atoms with Crippen LogP contribution in [0.1, 0.15) is 33.6 Å². The van der Waals surface area contributed by atoms with Gasteiger partial charge in [0.25, 0.3) is 0 Å². The molecule has 0 saturated carbocycles. The molecule has 9 nitrogen and oxygen atoms in total. The molecule has 1 aliphatic heterocycles. The van der Waals surface area contributed by atoms with Gasteiger partial charge in [0.05, 0.1) is 13.2 Å². The molecule has 0 radical (unpaired) electrons. The van der Waals surface area contributed by atoms with E-state index in [1.807, 2.05) is 39.0 Å². The van der Waals surface area contributed by atoms with Gasteiger partial charge in [0.1, 0.15) is 6.54 Å². The molecule has 1 aromatic carbocycles. The lowest BCUT2D eigenvalue weighted by molar-refractivity contribution is -0.128. The molecule has 0 unspecified atom stereocenters. The topological polar surface area (TPSA) is 104 Å². The number of aliphatic imine (C=N–C) groups is 1. The molecule has 0 spiro atoms. The second-order valence-corrected chi connectivity index (χ2v) is 8.26. The number of amides is 2. The Morgan fingerprint density at radius 2 is 1.83 bits per heavy atom. The smallest absolute Gasteiger partial charge is 0.242 e. The Morgan fingerprint density at radius 3 is 2.50 bits per heavy atom. The van der Waals surface area contributed by atoms with Crippen LogP contribution in [0, 0.1) is 0 Å². The van der Waals surface area contributed by atoms with E-state index < -0.39 is 0 Å². The highest BCUT2D eigenvalue weighted by Crippen LogP contribution is 2.32. The Balaban J connectivity index is 2.08. The van der Waals surface area contributed by atoms with Crippen molar-refractivity contribution in [3.63, 3.8) is 0 Å². The maximum Gasteiger partial charge on any atom is 0.242 e. The highest BCUT2D eigenvalue weighted by Gasteiger charge is 2.15. The summed E-state index contributed by atoms with van der Waals surface area (Å²) in [5.74, 6) is 1.57. The predicted octanol–water partition coefficient (Wildman–Crippen LogP) is 1.60. The first kappa shape index (κ1) is 23.3. The Labute approximate surface area is 178 Å². The van der Waals surface area contributed by atoms with Gasteiger partial charge in [0.2, 0.25) is 11.8 Å². The van der Waals surface area contributed by atoms with Crippen molar-refractivity contribution in [2.45, 2.75) is 39.2 Å². The monoisotopic (exact) mass is 419 g/mol. The molecule has 0 atom stereocenters. The van der Waals surface area contributed by atoms with Crippen LogP contribution in [0.3, 0.4) is 0 Å². The van der Waals surface area contributed by atoms with Crippen molar-refractivity contribution < 1.29 is 19.1 Å². The standard InChI is InChI=1S/C21H33N5O4/c1-21(2,3)25-18(27)14-23-20(22-10-9-19(28)26(4)5)24-15-7-8-16-17(13-15)30-12-6-11-29-16/h7-8,13H,6,9-12,14H2,1-5H3,(H,25,27)(H2,22,23,24). The summed E-state index contributed by atoms with van der Waals surface area (Å²) in [7, 11) is 3.42. The zero-order chi connectivity index (χ0) is 22.1. The molecule has 30 heavy (non-hydrogen) atoms. The van der Waals surface area contributed by atoms with Crippen molar-refractivity contribution in [2.75, 3.05) is 45.7 Å². The van der Waals surface area contributed by atoms with Gasteiger partial charge in [-0.3, -0.25) is 9.59 Å². The molecule has 1 heterocycles. The third-order valence-corrected chi connectivity index (χ3v) is 4.04. The van der Waals surface area contributed by atoms with Crippen molar-refractivity contribution in [1.82, 2.24) is 15.5 Å². The maximum absolute atomic E-state index is 12.1. The average Bonchev–Trinajstić information content (AvgIpc) is 2.89. The average molecular weight is 420 g/mol. The van der Waals surface area contributed by atoms with E-state index in [0.717, 1.165) is 12.1 Å². The lowest BCUT2D eigenvalue weighted by Gasteiger charge is -2.20. The van der Waals surface area contributed by atoms with Crippen LogP contribution in [0.4, 0.5) is 5.69 Å². The summed E-state index contributed by atoms with van der Waals surface area (Å²) < 4.78 is 11.4. The summed E-state index contributed by atoms with van der Waals surface area (Å²) >= 11 is 0. The van der Waals surface area contributed by atoms with Crippen molar-refractivity contribution in [3.8, 4) is 11.5 Å². The first-order valence-electron chi connectivity index (χ1n) is 10.1. The van der Waals surface area contributed by atoms with Gasteiger partial charge in [0.15, 0.2) is 17.5 Å². The number of ether oxygens (including phenoxy) is 2. The van der Waals surface area contributed by atoms with Crippen LogP contribution in [0.2, 0.25) is 0 Å². The highest BCUT2D eigenvalue weighted by molar-refractivity contribution is 5.95. The molecule has 0 fully saturated rings. The number of benzene rings is 1. The van der Waals surface area contributed by atoms with Crippen LogP contribution < -0.4 is 25.4 Å². The number of carbonyl (C=O) groups is 2. The second kappa shape index (κ2) is 10.7. The number of anilines is 1. The van der Waals surface area contributed by atoms with E-state index in [1.165, 1.54) is 4.90 Å². The molecule has 0 saturated heterocycles. The number of fused-ring (bicyclic) bond motifs is 1. The number of guanidine groups is 1. The molecule has 2 rings (SSSR count). The zero-order valence-corrected chi connectivity index (χ0v) is 18.5. The molecule has 9 heteroatoms. The van der Waals surface area contributed by atoms with Gasteiger partial charge in [0, 0.05) is 50.8 Å². The minimum Gasteiger partial charge on any atom is -0.490 e. The van der Waals surface area contributed by atoms with Crippen molar-refractivity contribution in [1.29, 1.82) is 0 Å². The van der Waals surface area contributed by atoms with Crippen molar-refractivity contribution >= 4 is 23.5 Å². The first-order valence-corrected chi connectivity index (χ1v) is 10.1. The summed E-state index contributed by atoms with van der Waals surface area (Å²) in [5.41, 5.74) is 0.403. The number of hydrogen-bond donors (Lipinski definition) is 3. The molecule has 2 amide bonds. The fourth-order valence-electron chi connectivity index (χ4n) is 2.64. The summed E-state index contributed by atoms with van der Waals surface area (Å²) in [6, 6.07) is 5.52. The number of hydrogen-bond acceptors (Lipinski definition) is 5. The van der Waals surface area contributed by atoms with Gasteiger partial charge in [-0.05, 0) is 32.9 Å². The normalized spacial score (nSPS) is 13.8. The van der Waals surface area contributed by atoms with Gasteiger partial charge < -0.3 is 30.3 Å². The number of nitrogens with zero attached hydrogens (tertiary/aromatic N) is 2. The second-order valence-electron chi connectivity index (χ2n) is 8.26. The zero-order valence-electron chi connectivity index (χ0n) is 18.5. The Kier molecular flexibility index (Phi) is 8.32. The quantitative estimate of drug-likeness (QED) is 0.478. The van der Waals surface area contributed by atoms with E-state index in [0.29, 0.717) is 43.6 Å². The van der Waals surface area contributed by atoms with Crippen LogP contribution in [0.25, 0.3) is 0 Å². The van der Waals surface area contributed by atoms with Crippen molar-refractivity contribution in [2.24, 2.45) is 4.99 Å². The first-order chi connectivity index (χ1) is 14.1. The molecule has 0 bridgehead atoms. The third-order valence-electron chi connectivity index (χ3n) is 4.04. The van der Waals surface area contributed by atoms with E-state index in [1.54, 1.807) is 14.1 Å². The summed E-state index contributed by atoms with van der Waals surface area (Å²) in [6.45, 7) is 7.29. The fraction of sp³-hybridized carbons (Fsp3) is 0.571. The van der Waals surface area contributed by atoms with Crippen molar-refractivity contribution in [3.05, 3.63) is 18.2 Å². The van der Waals surface area contributed by atoms with E-state index in [-0.39, 0.29) is 23.9 Å². The number of nitrogens with one attached hydrogen (secondary N) is 3. The van der Waals surface area contributed by atoms with Gasteiger partial charge >= 0.3 is 0 Å². The van der Waals surface area contributed by atoms with Crippen LogP contribution >= 0.6 is 0 Å². The van der Waals surface area contributed by atoms with Crippen LogP contribution in [0.15, 0.2) is 23.2 Å². The molecule has 166 valence electrons. The Hall–Kier alpha value is -2.97. The molecule has 1 aliphatic rings. The largest absolute Gasteiger partial charge is 0.490 e. The van der Waals surface area contributed by atoms with Gasteiger partial charge in [-0.25, -0.2) is 4.99 Å². The molecular formula is C21H33N5O4. The third kappa shape index (κ3) is 8.18. The summed E-state index contributed by atoms with van der Waals surface area (Å²) in [6.07, 6.45) is 1.14. The van der Waals surface area contributed by atoms with E-state index in [2.05, 4.69) is 20.9 Å². The SMILES string of the molecule is CN(C)C(=O)CCNC(=NCC(=O)NC(C)(C)C)Nc1ccc2c(c1)OCCCO2. The highest BCUT2D eigenvalue weighted by atomic mass is 16.5.